The van der Waals surface area contributed by atoms with E-state index in [2.05, 4.69) is 24.1 Å². The fourth-order valence-corrected chi connectivity index (χ4v) is 2.97. The summed E-state index contributed by atoms with van der Waals surface area (Å²) >= 11 is 0. The zero-order valence-electron chi connectivity index (χ0n) is 13.4. The van der Waals surface area contributed by atoms with Crippen molar-refractivity contribution in [2.75, 3.05) is 26.7 Å². The number of halogens is 1. The third kappa shape index (κ3) is 4.97. The van der Waals surface area contributed by atoms with Crippen LogP contribution in [-0.2, 0) is 6.54 Å². The summed E-state index contributed by atoms with van der Waals surface area (Å²) in [6.07, 6.45) is 2.47. The second-order valence-corrected chi connectivity index (χ2v) is 6.34. The molecule has 0 aromatic heterocycles. The van der Waals surface area contributed by atoms with E-state index in [0.717, 1.165) is 25.2 Å². The first-order chi connectivity index (χ1) is 10.1. The number of nitrogens with one attached hydrogen (secondary N) is 1. The van der Waals surface area contributed by atoms with Gasteiger partial charge >= 0.3 is 0 Å². The van der Waals surface area contributed by atoms with Crippen LogP contribution in [0.1, 0.15) is 32.3 Å². The standard InChI is InChI=1S/C17H27FN2O/c1-13(2)10-20(12-15-5-4-8-19-15)11-14-6-7-16(21-3)9-17(14)18/h6-7,9,13,15,19H,4-5,8,10-12H2,1-3H3. The molecule has 4 heteroatoms. The molecule has 1 saturated heterocycles. The molecule has 1 heterocycles. The van der Waals surface area contributed by atoms with Gasteiger partial charge in [0.1, 0.15) is 11.6 Å². The van der Waals surface area contributed by atoms with Gasteiger partial charge in [0, 0.05) is 37.3 Å². The molecule has 21 heavy (non-hydrogen) atoms. The van der Waals surface area contributed by atoms with Crippen LogP contribution >= 0.6 is 0 Å². The molecule has 1 aliphatic heterocycles. The van der Waals surface area contributed by atoms with E-state index in [9.17, 15) is 4.39 Å². The minimum Gasteiger partial charge on any atom is -0.497 e. The maximum atomic E-state index is 14.1. The van der Waals surface area contributed by atoms with Crippen molar-refractivity contribution in [3.63, 3.8) is 0 Å². The zero-order chi connectivity index (χ0) is 15.2. The molecule has 1 fully saturated rings. The molecule has 1 aliphatic rings. The molecular weight excluding hydrogens is 267 g/mol. The number of hydrogen-bond donors (Lipinski definition) is 1. The Hall–Kier alpha value is -1.13. The van der Waals surface area contributed by atoms with E-state index in [4.69, 9.17) is 4.74 Å². The van der Waals surface area contributed by atoms with E-state index in [1.54, 1.807) is 7.11 Å². The van der Waals surface area contributed by atoms with Gasteiger partial charge in [-0.1, -0.05) is 19.9 Å². The molecule has 1 unspecified atom stereocenters. The van der Waals surface area contributed by atoms with Crippen LogP contribution in [0.4, 0.5) is 4.39 Å². The van der Waals surface area contributed by atoms with Gasteiger partial charge in [-0.25, -0.2) is 4.39 Å². The second kappa shape index (κ2) is 7.76. The Morgan fingerprint density at radius 1 is 1.43 bits per heavy atom. The summed E-state index contributed by atoms with van der Waals surface area (Å²) in [5, 5.41) is 3.52. The van der Waals surface area contributed by atoms with Crippen molar-refractivity contribution >= 4 is 0 Å². The lowest BCUT2D eigenvalue weighted by molar-refractivity contribution is 0.213. The predicted octanol–water partition coefficient (Wildman–Crippen LogP) is 3.04. The zero-order valence-corrected chi connectivity index (χ0v) is 13.4. The first kappa shape index (κ1) is 16.2. The Morgan fingerprint density at radius 2 is 2.24 bits per heavy atom. The molecule has 0 amide bonds. The number of rotatable bonds is 7. The second-order valence-electron chi connectivity index (χ2n) is 6.34. The lowest BCUT2D eigenvalue weighted by atomic mass is 10.1. The smallest absolute Gasteiger partial charge is 0.131 e. The largest absolute Gasteiger partial charge is 0.497 e. The Kier molecular flexibility index (Phi) is 6.00. The summed E-state index contributed by atoms with van der Waals surface area (Å²) in [6, 6.07) is 5.69. The van der Waals surface area contributed by atoms with Crippen molar-refractivity contribution in [3.8, 4) is 5.75 Å². The topological polar surface area (TPSA) is 24.5 Å². The van der Waals surface area contributed by atoms with E-state index in [1.807, 2.05) is 12.1 Å². The Balaban J connectivity index is 2.02. The molecular formula is C17H27FN2O. The van der Waals surface area contributed by atoms with Gasteiger partial charge in [-0.3, -0.25) is 4.90 Å². The molecule has 1 N–H and O–H groups in total. The van der Waals surface area contributed by atoms with Gasteiger partial charge in [0.25, 0.3) is 0 Å². The van der Waals surface area contributed by atoms with Crippen LogP contribution < -0.4 is 10.1 Å². The lowest BCUT2D eigenvalue weighted by Crippen LogP contribution is -2.39. The van der Waals surface area contributed by atoms with E-state index in [1.165, 1.54) is 18.9 Å². The molecule has 0 spiro atoms. The van der Waals surface area contributed by atoms with Crippen molar-refractivity contribution in [2.45, 2.75) is 39.3 Å². The minimum atomic E-state index is -0.178. The van der Waals surface area contributed by atoms with Crippen molar-refractivity contribution in [1.29, 1.82) is 0 Å². The average molecular weight is 294 g/mol. The van der Waals surface area contributed by atoms with Crippen LogP contribution in [0.15, 0.2) is 18.2 Å². The van der Waals surface area contributed by atoms with Crippen molar-refractivity contribution in [3.05, 3.63) is 29.6 Å². The molecule has 0 bridgehead atoms. The SMILES string of the molecule is COc1ccc(CN(CC(C)C)CC2CCCN2)c(F)c1. The van der Waals surface area contributed by atoms with E-state index >= 15 is 0 Å². The Morgan fingerprint density at radius 3 is 2.81 bits per heavy atom. The Labute approximate surface area is 127 Å². The van der Waals surface area contributed by atoms with E-state index in [-0.39, 0.29) is 5.82 Å². The maximum Gasteiger partial charge on any atom is 0.131 e. The average Bonchev–Trinajstić information content (AvgIpc) is 2.93. The van der Waals surface area contributed by atoms with Gasteiger partial charge in [-0.05, 0) is 31.4 Å². The highest BCUT2D eigenvalue weighted by molar-refractivity contribution is 5.28. The van der Waals surface area contributed by atoms with Crippen LogP contribution in [0.3, 0.4) is 0 Å². The van der Waals surface area contributed by atoms with Crippen LogP contribution in [0.25, 0.3) is 0 Å². The number of benzene rings is 1. The molecule has 1 aromatic rings. The number of nitrogens with zero attached hydrogens (tertiary/aromatic N) is 1. The lowest BCUT2D eigenvalue weighted by Gasteiger charge is -2.27. The van der Waals surface area contributed by atoms with Crippen molar-refractivity contribution in [1.82, 2.24) is 10.2 Å². The van der Waals surface area contributed by atoms with Gasteiger partial charge < -0.3 is 10.1 Å². The molecule has 3 nitrogen and oxygen atoms in total. The molecule has 0 saturated carbocycles. The highest BCUT2D eigenvalue weighted by Crippen LogP contribution is 2.19. The summed E-state index contributed by atoms with van der Waals surface area (Å²) in [7, 11) is 1.56. The van der Waals surface area contributed by atoms with Gasteiger partial charge in [0.05, 0.1) is 7.11 Å². The monoisotopic (exact) mass is 294 g/mol. The first-order valence-electron chi connectivity index (χ1n) is 7.86. The number of hydrogen-bond acceptors (Lipinski definition) is 3. The quantitative estimate of drug-likeness (QED) is 0.836. The highest BCUT2D eigenvalue weighted by atomic mass is 19.1. The summed E-state index contributed by atoms with van der Waals surface area (Å²) < 4.78 is 19.2. The van der Waals surface area contributed by atoms with Crippen LogP contribution in [-0.4, -0.2) is 37.7 Å². The van der Waals surface area contributed by atoms with Gasteiger partial charge in [-0.15, -0.1) is 0 Å². The van der Waals surface area contributed by atoms with Gasteiger partial charge in [-0.2, -0.15) is 0 Å². The van der Waals surface area contributed by atoms with Crippen molar-refractivity contribution in [2.24, 2.45) is 5.92 Å². The third-order valence-corrected chi connectivity index (χ3v) is 3.92. The summed E-state index contributed by atoms with van der Waals surface area (Å²) in [6.45, 7) is 8.16. The fraction of sp³-hybridized carbons (Fsp3) is 0.647. The van der Waals surface area contributed by atoms with Gasteiger partial charge in [0.15, 0.2) is 0 Å². The highest BCUT2D eigenvalue weighted by Gasteiger charge is 2.19. The maximum absolute atomic E-state index is 14.1. The number of methoxy groups -OCH3 is 1. The van der Waals surface area contributed by atoms with Gasteiger partial charge in [0.2, 0.25) is 0 Å². The first-order valence-corrected chi connectivity index (χ1v) is 7.86. The third-order valence-electron chi connectivity index (χ3n) is 3.92. The fourth-order valence-electron chi connectivity index (χ4n) is 2.97. The van der Waals surface area contributed by atoms with Crippen LogP contribution in [0.5, 0.6) is 5.75 Å². The van der Waals surface area contributed by atoms with Crippen LogP contribution in [0, 0.1) is 11.7 Å². The molecule has 1 atom stereocenters. The Bertz CT molecular complexity index is 444. The molecule has 2 rings (SSSR count). The van der Waals surface area contributed by atoms with E-state index in [0.29, 0.717) is 24.3 Å². The summed E-state index contributed by atoms with van der Waals surface area (Å²) in [5.41, 5.74) is 0.745. The minimum absolute atomic E-state index is 0.178. The molecule has 0 aliphatic carbocycles. The van der Waals surface area contributed by atoms with Crippen LogP contribution in [0.2, 0.25) is 0 Å². The summed E-state index contributed by atoms with van der Waals surface area (Å²) in [4.78, 5) is 2.36. The predicted molar refractivity (Wildman–Crippen MR) is 84.1 cm³/mol. The molecule has 1 aromatic carbocycles. The van der Waals surface area contributed by atoms with Crippen molar-refractivity contribution < 1.29 is 9.13 Å². The summed E-state index contributed by atoms with van der Waals surface area (Å²) in [5.74, 6) is 0.972. The molecule has 0 radical (unpaired) electrons. The number of ether oxygens (including phenoxy) is 1. The van der Waals surface area contributed by atoms with E-state index < -0.39 is 0 Å². The normalized spacial score (nSPS) is 18.7. The molecule has 118 valence electrons.